The Kier molecular flexibility index (Phi) is 5.64. The van der Waals surface area contributed by atoms with Gasteiger partial charge in [0.25, 0.3) is 0 Å². The number of carbonyl (C=O) groups is 1. The summed E-state index contributed by atoms with van der Waals surface area (Å²) in [6, 6.07) is 12.4. The highest BCUT2D eigenvalue weighted by molar-refractivity contribution is 7.99. The summed E-state index contributed by atoms with van der Waals surface area (Å²) in [4.78, 5) is 18.0. The highest BCUT2D eigenvalue weighted by Gasteiger charge is 2.33. The molecule has 4 heterocycles. The second kappa shape index (κ2) is 8.57. The smallest absolute Gasteiger partial charge is 0.233 e. The van der Waals surface area contributed by atoms with Gasteiger partial charge in [0.05, 0.1) is 17.5 Å². The number of para-hydroxylation sites is 1. The fraction of sp³-hybridized carbons (Fsp3) is 0.273. The number of hydrogen-bond donors (Lipinski definition) is 0. The first-order valence-electron chi connectivity index (χ1n) is 10.0. The van der Waals surface area contributed by atoms with Gasteiger partial charge in [-0.05, 0) is 70.3 Å². The van der Waals surface area contributed by atoms with E-state index in [1.165, 1.54) is 27.1 Å². The van der Waals surface area contributed by atoms with Crippen LogP contribution in [0.3, 0.4) is 0 Å². The van der Waals surface area contributed by atoms with Gasteiger partial charge in [-0.15, -0.1) is 27.8 Å². The molecule has 5 rings (SSSR count). The van der Waals surface area contributed by atoms with E-state index in [0.717, 1.165) is 29.8 Å². The molecule has 0 fully saturated rings. The molecule has 0 radical (unpaired) electrons. The predicted molar refractivity (Wildman–Crippen MR) is 125 cm³/mol. The summed E-state index contributed by atoms with van der Waals surface area (Å²) >= 11 is 4.88. The van der Waals surface area contributed by atoms with Gasteiger partial charge in [0.15, 0.2) is 0 Å². The van der Waals surface area contributed by atoms with Crippen molar-refractivity contribution in [3.05, 3.63) is 73.6 Å². The van der Waals surface area contributed by atoms with E-state index in [0.29, 0.717) is 10.9 Å². The van der Waals surface area contributed by atoms with Gasteiger partial charge in [-0.1, -0.05) is 36.0 Å². The number of tetrazole rings is 1. The zero-order chi connectivity index (χ0) is 21.4. The molecule has 1 aromatic carbocycles. The van der Waals surface area contributed by atoms with Crippen molar-refractivity contribution in [2.45, 2.75) is 31.5 Å². The molecule has 0 bridgehead atoms. The molecule has 4 aromatic rings. The molecule has 1 amide bonds. The van der Waals surface area contributed by atoms with Crippen molar-refractivity contribution in [2.24, 2.45) is 0 Å². The number of nitrogens with zero attached hydrogens (tertiary/aromatic N) is 5. The Hall–Kier alpha value is -2.49. The third-order valence-electron chi connectivity index (χ3n) is 5.52. The summed E-state index contributed by atoms with van der Waals surface area (Å²) in [6.07, 6.45) is 0.908. The van der Waals surface area contributed by atoms with Crippen molar-refractivity contribution in [1.29, 1.82) is 0 Å². The van der Waals surface area contributed by atoms with Gasteiger partial charge in [0.1, 0.15) is 0 Å². The number of carbonyl (C=O) groups excluding carboxylic acids is 1. The van der Waals surface area contributed by atoms with Crippen LogP contribution < -0.4 is 0 Å². The maximum atomic E-state index is 13.3. The van der Waals surface area contributed by atoms with E-state index in [-0.39, 0.29) is 11.9 Å². The summed E-state index contributed by atoms with van der Waals surface area (Å²) < 4.78 is 1.74. The maximum absolute atomic E-state index is 13.3. The Morgan fingerprint density at radius 2 is 1.97 bits per heavy atom. The molecule has 3 aromatic heterocycles. The average Bonchev–Trinajstić information content (AvgIpc) is 3.52. The van der Waals surface area contributed by atoms with Crippen molar-refractivity contribution in [1.82, 2.24) is 25.1 Å². The number of aryl methyl sites for hydroxylation is 2. The van der Waals surface area contributed by atoms with E-state index in [4.69, 9.17) is 0 Å². The highest BCUT2D eigenvalue weighted by atomic mass is 32.2. The van der Waals surface area contributed by atoms with Crippen LogP contribution >= 0.6 is 34.4 Å². The van der Waals surface area contributed by atoms with Crippen LogP contribution in [-0.2, 0) is 11.2 Å². The van der Waals surface area contributed by atoms with Crippen LogP contribution in [0, 0.1) is 13.8 Å². The lowest BCUT2D eigenvalue weighted by Gasteiger charge is -2.35. The molecule has 1 aliphatic rings. The van der Waals surface area contributed by atoms with Crippen LogP contribution in [0.4, 0.5) is 0 Å². The first kappa shape index (κ1) is 20.4. The van der Waals surface area contributed by atoms with E-state index in [2.05, 4.69) is 44.5 Å². The molecule has 31 heavy (non-hydrogen) atoms. The number of fused-ring (bicyclic) bond motifs is 1. The number of thiophene rings is 2. The fourth-order valence-electron chi connectivity index (χ4n) is 4.10. The second-order valence-electron chi connectivity index (χ2n) is 7.46. The van der Waals surface area contributed by atoms with Crippen LogP contribution in [0.25, 0.3) is 5.69 Å². The van der Waals surface area contributed by atoms with Crippen molar-refractivity contribution in [3.8, 4) is 5.69 Å². The van der Waals surface area contributed by atoms with Crippen LogP contribution in [0.2, 0.25) is 0 Å². The van der Waals surface area contributed by atoms with E-state index in [1.54, 1.807) is 27.4 Å². The number of rotatable bonds is 5. The highest BCUT2D eigenvalue weighted by Crippen LogP contribution is 2.40. The van der Waals surface area contributed by atoms with Crippen LogP contribution in [0.5, 0.6) is 0 Å². The average molecular weight is 468 g/mol. The Bertz CT molecular complexity index is 1190. The predicted octanol–water partition coefficient (Wildman–Crippen LogP) is 4.67. The minimum absolute atomic E-state index is 0.00212. The Balaban J connectivity index is 1.38. The maximum Gasteiger partial charge on any atom is 0.233 e. The number of hydrogen-bond acceptors (Lipinski definition) is 7. The third kappa shape index (κ3) is 3.81. The molecule has 6 nitrogen and oxygen atoms in total. The topological polar surface area (TPSA) is 63.9 Å². The minimum atomic E-state index is -0.00212. The molecular weight excluding hydrogens is 446 g/mol. The lowest BCUT2D eigenvalue weighted by molar-refractivity contribution is -0.130. The standard InChI is InChI=1S/C22H21N5OS3/c1-14-5-3-6-15(2)20(14)27-22(23-24-25-27)31-13-19(28)26-10-8-17-16(9-12-30-17)21(26)18-7-4-11-29-18/h3-7,9,11-12,21H,8,10,13H2,1-2H3. The van der Waals surface area contributed by atoms with Crippen molar-refractivity contribution >= 4 is 40.3 Å². The van der Waals surface area contributed by atoms with Crippen LogP contribution in [0.15, 0.2) is 52.3 Å². The first-order chi connectivity index (χ1) is 15.1. The normalized spacial score (nSPS) is 15.8. The zero-order valence-corrected chi connectivity index (χ0v) is 19.6. The largest absolute Gasteiger partial charge is 0.330 e. The molecule has 158 valence electrons. The molecule has 9 heteroatoms. The Morgan fingerprint density at radius 3 is 2.74 bits per heavy atom. The van der Waals surface area contributed by atoms with Crippen LogP contribution in [0.1, 0.15) is 32.5 Å². The van der Waals surface area contributed by atoms with E-state index >= 15 is 0 Å². The van der Waals surface area contributed by atoms with E-state index in [1.807, 2.05) is 36.9 Å². The molecular formula is C22H21N5OS3. The molecule has 0 N–H and O–H groups in total. The lowest BCUT2D eigenvalue weighted by Crippen LogP contribution is -2.40. The number of amides is 1. The van der Waals surface area contributed by atoms with Gasteiger partial charge in [0.2, 0.25) is 11.1 Å². The molecule has 0 saturated carbocycles. The zero-order valence-electron chi connectivity index (χ0n) is 17.2. The third-order valence-corrected chi connectivity index (χ3v) is 8.34. The van der Waals surface area contributed by atoms with Gasteiger partial charge in [-0.2, -0.15) is 4.68 Å². The SMILES string of the molecule is Cc1cccc(C)c1-n1nnnc1SCC(=O)N1CCc2sccc2C1c1cccs1. The molecule has 1 atom stereocenters. The summed E-state index contributed by atoms with van der Waals surface area (Å²) in [7, 11) is 0. The van der Waals surface area contributed by atoms with Gasteiger partial charge >= 0.3 is 0 Å². The molecule has 1 aliphatic heterocycles. The number of benzene rings is 1. The van der Waals surface area contributed by atoms with E-state index in [9.17, 15) is 4.79 Å². The number of aromatic nitrogens is 4. The van der Waals surface area contributed by atoms with Gasteiger partial charge in [0, 0.05) is 16.3 Å². The quantitative estimate of drug-likeness (QED) is 0.399. The van der Waals surface area contributed by atoms with Gasteiger partial charge < -0.3 is 4.90 Å². The first-order valence-corrected chi connectivity index (χ1v) is 12.7. The molecule has 1 unspecified atom stereocenters. The Labute approximate surface area is 192 Å². The molecule has 0 spiro atoms. The van der Waals surface area contributed by atoms with Crippen molar-refractivity contribution < 1.29 is 4.79 Å². The summed E-state index contributed by atoms with van der Waals surface area (Å²) in [5, 5.41) is 17.1. The lowest BCUT2D eigenvalue weighted by atomic mass is 9.98. The Morgan fingerprint density at radius 1 is 1.13 bits per heavy atom. The van der Waals surface area contributed by atoms with E-state index < -0.39 is 0 Å². The van der Waals surface area contributed by atoms with Crippen molar-refractivity contribution in [3.63, 3.8) is 0 Å². The summed E-state index contributed by atoms with van der Waals surface area (Å²) in [5.41, 5.74) is 4.43. The summed E-state index contributed by atoms with van der Waals surface area (Å²) in [5.74, 6) is 0.406. The monoisotopic (exact) mass is 467 g/mol. The minimum Gasteiger partial charge on any atom is -0.330 e. The van der Waals surface area contributed by atoms with Gasteiger partial charge in [-0.3, -0.25) is 4.79 Å². The van der Waals surface area contributed by atoms with Crippen molar-refractivity contribution in [2.75, 3.05) is 12.3 Å². The second-order valence-corrected chi connectivity index (χ2v) is 10.4. The van der Waals surface area contributed by atoms with Gasteiger partial charge in [-0.25, -0.2) is 0 Å². The fourth-order valence-corrected chi connectivity index (χ4v) is 6.62. The summed E-state index contributed by atoms with van der Waals surface area (Å²) in [6.45, 7) is 4.82. The number of thioether (sulfide) groups is 1. The molecule has 0 aliphatic carbocycles. The molecule has 0 saturated heterocycles. The van der Waals surface area contributed by atoms with Crippen LogP contribution in [-0.4, -0.2) is 43.3 Å².